The fraction of sp³-hybridized carbons (Fsp3) is 0.583. The van der Waals surface area contributed by atoms with Crippen molar-refractivity contribution >= 4 is 11.8 Å². The van der Waals surface area contributed by atoms with E-state index in [4.69, 9.17) is 0 Å². The molecule has 1 aromatic heterocycles. The first-order valence-electron chi connectivity index (χ1n) is 6.47. The number of hydrogen-bond acceptors (Lipinski definition) is 5. The third kappa shape index (κ3) is 1.24. The van der Waals surface area contributed by atoms with Crippen molar-refractivity contribution < 1.29 is 9.59 Å². The van der Waals surface area contributed by atoms with Gasteiger partial charge in [0.05, 0.1) is 11.8 Å². The van der Waals surface area contributed by atoms with Crippen LogP contribution in [0.4, 0.5) is 0 Å². The van der Waals surface area contributed by atoms with E-state index in [1.54, 1.807) is 6.92 Å². The molecule has 2 fully saturated rings. The number of carbonyl (C=O) groups is 2. The number of hydrogen-bond donors (Lipinski definition) is 1. The number of amides is 2. The van der Waals surface area contributed by atoms with E-state index in [0.29, 0.717) is 5.82 Å². The topological polar surface area (TPSA) is 91.8 Å². The van der Waals surface area contributed by atoms with Gasteiger partial charge in [-0.25, -0.2) is 0 Å². The van der Waals surface area contributed by atoms with E-state index in [0.717, 1.165) is 6.42 Å². The van der Waals surface area contributed by atoms with E-state index in [1.807, 2.05) is 0 Å². The van der Waals surface area contributed by atoms with Gasteiger partial charge in [-0.15, -0.1) is 10.2 Å². The van der Waals surface area contributed by atoms with Crippen molar-refractivity contribution in [3.63, 3.8) is 0 Å². The minimum Gasteiger partial charge on any atom is -0.274 e. The number of aromatic amines is 1. The first kappa shape index (κ1) is 10.8. The number of fused-ring (bicyclic) bond motifs is 5. The zero-order valence-electron chi connectivity index (χ0n) is 10.4. The summed E-state index contributed by atoms with van der Waals surface area (Å²) < 4.78 is 0. The van der Waals surface area contributed by atoms with Gasteiger partial charge in [0.25, 0.3) is 0 Å². The lowest BCUT2D eigenvalue weighted by molar-refractivity contribution is -0.143. The summed E-state index contributed by atoms with van der Waals surface area (Å²) in [5.74, 6) is 0.340. The monoisotopic (exact) mass is 259 g/mol. The average Bonchev–Trinajstić information content (AvgIpc) is 3.13. The van der Waals surface area contributed by atoms with Crippen LogP contribution in [0.15, 0.2) is 12.2 Å². The van der Waals surface area contributed by atoms with Crippen LogP contribution in [0.5, 0.6) is 0 Å². The summed E-state index contributed by atoms with van der Waals surface area (Å²) in [6.45, 7) is 1.76. The van der Waals surface area contributed by atoms with Crippen molar-refractivity contribution in [1.82, 2.24) is 25.5 Å². The lowest BCUT2D eigenvalue weighted by atomic mass is 9.85. The predicted octanol–water partition coefficient (Wildman–Crippen LogP) is 0.0678. The summed E-state index contributed by atoms with van der Waals surface area (Å²) in [7, 11) is 0. The summed E-state index contributed by atoms with van der Waals surface area (Å²) in [5.41, 5.74) is 0. The van der Waals surface area contributed by atoms with Gasteiger partial charge in [0.1, 0.15) is 6.04 Å². The maximum Gasteiger partial charge on any atom is 0.234 e. The van der Waals surface area contributed by atoms with Crippen LogP contribution in [0, 0.1) is 23.7 Å². The number of aromatic nitrogens is 4. The van der Waals surface area contributed by atoms with Crippen LogP contribution in [0.25, 0.3) is 0 Å². The largest absolute Gasteiger partial charge is 0.274 e. The number of H-pyrrole nitrogens is 1. The second kappa shape index (κ2) is 3.49. The highest BCUT2D eigenvalue weighted by atomic mass is 16.2. The lowest BCUT2D eigenvalue weighted by Crippen LogP contribution is -2.35. The molecule has 2 amide bonds. The zero-order valence-corrected chi connectivity index (χ0v) is 10.4. The predicted molar refractivity (Wildman–Crippen MR) is 62.2 cm³/mol. The van der Waals surface area contributed by atoms with Gasteiger partial charge in [-0.2, -0.15) is 5.21 Å². The molecule has 4 rings (SSSR count). The highest BCUT2D eigenvalue weighted by molar-refractivity contribution is 6.06. The molecule has 1 saturated carbocycles. The number of tetrazole rings is 1. The summed E-state index contributed by atoms with van der Waals surface area (Å²) in [5, 5.41) is 13.6. The standard InChI is InChI=1S/C12H13N5O2/c1-5(10-13-15-16-14-10)17-11(18)8-6-2-3-7(4-6)9(8)12(17)19/h2-3,5-9H,4H2,1H3,(H,13,14,15,16). The molecule has 1 N–H and O–H groups in total. The van der Waals surface area contributed by atoms with Crippen molar-refractivity contribution in [2.75, 3.05) is 0 Å². The number of likely N-dealkylation sites (tertiary alicyclic amines) is 1. The molecule has 7 nitrogen and oxygen atoms in total. The minimum atomic E-state index is -0.455. The Bertz CT molecular complexity index is 551. The molecule has 2 aliphatic carbocycles. The number of imide groups is 1. The number of rotatable bonds is 2. The minimum absolute atomic E-state index is 0.0795. The molecule has 5 atom stereocenters. The SMILES string of the molecule is CC(c1nn[nH]n1)N1C(=O)C2C3C=CC(C3)C2C1=O. The maximum atomic E-state index is 12.5. The van der Waals surface area contributed by atoms with Crippen molar-refractivity contribution in [3.8, 4) is 0 Å². The quantitative estimate of drug-likeness (QED) is 0.599. The van der Waals surface area contributed by atoms with Crippen molar-refractivity contribution in [1.29, 1.82) is 0 Å². The summed E-state index contributed by atoms with van der Waals surface area (Å²) >= 11 is 0. The zero-order chi connectivity index (χ0) is 13.1. The Kier molecular flexibility index (Phi) is 1.99. The first-order chi connectivity index (χ1) is 9.18. The van der Waals surface area contributed by atoms with Crippen molar-refractivity contribution in [2.24, 2.45) is 23.7 Å². The summed E-state index contributed by atoms with van der Waals surface area (Å²) in [6.07, 6.45) is 5.11. The van der Waals surface area contributed by atoms with Gasteiger partial charge in [-0.1, -0.05) is 17.4 Å². The summed E-state index contributed by atoms with van der Waals surface area (Å²) in [4.78, 5) is 26.3. The van der Waals surface area contributed by atoms with Crippen LogP contribution in [0.1, 0.15) is 25.2 Å². The van der Waals surface area contributed by atoms with E-state index in [9.17, 15) is 9.59 Å². The maximum absolute atomic E-state index is 12.5. The molecule has 7 heteroatoms. The molecule has 0 spiro atoms. The Hall–Kier alpha value is -2.05. The molecule has 98 valence electrons. The number of nitrogens with zero attached hydrogens (tertiary/aromatic N) is 4. The van der Waals surface area contributed by atoms with E-state index in [1.165, 1.54) is 4.90 Å². The molecule has 2 heterocycles. The Morgan fingerprint density at radius 1 is 1.26 bits per heavy atom. The number of carbonyl (C=O) groups excluding carboxylic acids is 2. The smallest absolute Gasteiger partial charge is 0.234 e. The highest BCUT2D eigenvalue weighted by Crippen LogP contribution is 2.53. The molecule has 1 aliphatic heterocycles. The Morgan fingerprint density at radius 3 is 2.42 bits per heavy atom. The highest BCUT2D eigenvalue weighted by Gasteiger charge is 2.60. The molecule has 19 heavy (non-hydrogen) atoms. The van der Waals surface area contributed by atoms with E-state index in [-0.39, 0.29) is 35.5 Å². The Balaban J connectivity index is 1.69. The van der Waals surface area contributed by atoms with E-state index < -0.39 is 6.04 Å². The second-order valence-electron chi connectivity index (χ2n) is 5.49. The molecule has 0 aromatic carbocycles. The van der Waals surface area contributed by atoms with Crippen LogP contribution in [-0.2, 0) is 9.59 Å². The fourth-order valence-electron chi connectivity index (χ4n) is 3.77. The van der Waals surface area contributed by atoms with Gasteiger partial charge >= 0.3 is 0 Å². The Labute approximate surface area is 109 Å². The molecule has 0 radical (unpaired) electrons. The number of allylic oxidation sites excluding steroid dienone is 2. The van der Waals surface area contributed by atoms with E-state index in [2.05, 4.69) is 32.8 Å². The van der Waals surface area contributed by atoms with Crippen LogP contribution in [0.2, 0.25) is 0 Å². The van der Waals surface area contributed by atoms with Gasteiger partial charge < -0.3 is 0 Å². The molecule has 1 saturated heterocycles. The second-order valence-corrected chi connectivity index (χ2v) is 5.49. The van der Waals surface area contributed by atoms with Gasteiger partial charge in [-0.3, -0.25) is 14.5 Å². The first-order valence-corrected chi connectivity index (χ1v) is 6.47. The molecule has 3 aliphatic rings. The van der Waals surface area contributed by atoms with Gasteiger partial charge in [0.15, 0.2) is 5.82 Å². The third-order valence-electron chi connectivity index (χ3n) is 4.63. The molecular weight excluding hydrogens is 246 g/mol. The van der Waals surface area contributed by atoms with Crippen LogP contribution in [0.3, 0.4) is 0 Å². The number of nitrogens with one attached hydrogen (secondary N) is 1. The Morgan fingerprint density at radius 2 is 1.89 bits per heavy atom. The van der Waals surface area contributed by atoms with Gasteiger partial charge in [-0.05, 0) is 25.2 Å². The van der Waals surface area contributed by atoms with Gasteiger partial charge in [0, 0.05) is 0 Å². The molecule has 2 bridgehead atoms. The van der Waals surface area contributed by atoms with Crippen LogP contribution >= 0.6 is 0 Å². The van der Waals surface area contributed by atoms with Gasteiger partial charge in [0.2, 0.25) is 11.8 Å². The fourth-order valence-corrected chi connectivity index (χ4v) is 3.77. The average molecular weight is 259 g/mol. The molecular formula is C12H13N5O2. The lowest BCUT2D eigenvalue weighted by Gasteiger charge is -2.21. The molecule has 1 aromatic rings. The van der Waals surface area contributed by atoms with Crippen LogP contribution in [-0.4, -0.2) is 37.3 Å². The van der Waals surface area contributed by atoms with Crippen molar-refractivity contribution in [3.05, 3.63) is 18.0 Å². The van der Waals surface area contributed by atoms with Crippen molar-refractivity contribution in [2.45, 2.75) is 19.4 Å². The molecule has 5 unspecified atom stereocenters. The third-order valence-corrected chi connectivity index (χ3v) is 4.63. The van der Waals surface area contributed by atoms with Crippen LogP contribution < -0.4 is 0 Å². The normalized spacial score (nSPS) is 37.2. The van der Waals surface area contributed by atoms with E-state index >= 15 is 0 Å². The summed E-state index contributed by atoms with van der Waals surface area (Å²) in [6, 6.07) is -0.455.